The van der Waals surface area contributed by atoms with Gasteiger partial charge in [0, 0.05) is 19.4 Å². The Hall–Kier alpha value is -1.88. The Labute approximate surface area is 120 Å². The predicted molar refractivity (Wildman–Crippen MR) is 78.8 cm³/mol. The highest BCUT2D eigenvalue weighted by atomic mass is 16.5. The van der Waals surface area contributed by atoms with Crippen LogP contribution in [-0.4, -0.2) is 27.9 Å². The molecule has 2 aromatic rings. The SMILES string of the molecule is CCCOc1cncc(C(NCC)c2ccnn2C)c1. The molecule has 0 saturated heterocycles. The number of aromatic nitrogens is 3. The van der Waals surface area contributed by atoms with E-state index in [0.717, 1.165) is 30.0 Å². The summed E-state index contributed by atoms with van der Waals surface area (Å²) >= 11 is 0. The fourth-order valence-electron chi connectivity index (χ4n) is 2.16. The number of hydrogen-bond donors (Lipinski definition) is 1. The van der Waals surface area contributed by atoms with Gasteiger partial charge >= 0.3 is 0 Å². The number of nitrogens with one attached hydrogen (secondary N) is 1. The highest BCUT2D eigenvalue weighted by molar-refractivity contribution is 5.31. The van der Waals surface area contributed by atoms with Crippen LogP contribution in [0.4, 0.5) is 0 Å². The van der Waals surface area contributed by atoms with Gasteiger partial charge in [0.25, 0.3) is 0 Å². The lowest BCUT2D eigenvalue weighted by atomic mass is 10.1. The van der Waals surface area contributed by atoms with E-state index in [1.165, 1.54) is 0 Å². The van der Waals surface area contributed by atoms with Gasteiger partial charge in [0.1, 0.15) is 5.75 Å². The van der Waals surface area contributed by atoms with E-state index in [1.807, 2.05) is 36.3 Å². The second-order valence-electron chi connectivity index (χ2n) is 4.67. The monoisotopic (exact) mass is 274 g/mol. The van der Waals surface area contributed by atoms with Crippen LogP contribution in [0.3, 0.4) is 0 Å². The molecule has 2 aromatic heterocycles. The van der Waals surface area contributed by atoms with Gasteiger partial charge < -0.3 is 10.1 Å². The average Bonchev–Trinajstić information content (AvgIpc) is 2.89. The molecule has 5 heteroatoms. The molecule has 2 heterocycles. The third-order valence-electron chi connectivity index (χ3n) is 3.10. The molecule has 0 spiro atoms. The molecule has 5 nitrogen and oxygen atoms in total. The summed E-state index contributed by atoms with van der Waals surface area (Å²) in [6.07, 6.45) is 6.43. The van der Waals surface area contributed by atoms with E-state index < -0.39 is 0 Å². The van der Waals surface area contributed by atoms with Gasteiger partial charge in [0.05, 0.1) is 24.5 Å². The molecule has 0 bridgehead atoms. The average molecular weight is 274 g/mol. The first kappa shape index (κ1) is 14.5. The molecule has 0 aliphatic heterocycles. The fourth-order valence-corrected chi connectivity index (χ4v) is 2.16. The Balaban J connectivity index is 2.27. The molecule has 2 rings (SSSR count). The Morgan fingerprint density at radius 2 is 2.20 bits per heavy atom. The Kier molecular flexibility index (Phi) is 5.12. The lowest BCUT2D eigenvalue weighted by Gasteiger charge is -2.19. The summed E-state index contributed by atoms with van der Waals surface area (Å²) in [7, 11) is 1.95. The number of aryl methyl sites for hydroxylation is 1. The Morgan fingerprint density at radius 3 is 2.85 bits per heavy atom. The van der Waals surface area contributed by atoms with Crippen molar-refractivity contribution in [3.8, 4) is 5.75 Å². The van der Waals surface area contributed by atoms with Crippen molar-refractivity contribution in [2.75, 3.05) is 13.2 Å². The first-order chi connectivity index (χ1) is 9.76. The van der Waals surface area contributed by atoms with Crippen LogP contribution in [-0.2, 0) is 7.05 Å². The molecule has 0 aliphatic carbocycles. The highest BCUT2D eigenvalue weighted by Gasteiger charge is 2.17. The van der Waals surface area contributed by atoms with E-state index in [1.54, 1.807) is 6.20 Å². The Bertz CT molecular complexity index is 538. The number of nitrogens with zero attached hydrogens (tertiary/aromatic N) is 3. The van der Waals surface area contributed by atoms with Gasteiger partial charge in [0.15, 0.2) is 0 Å². The highest BCUT2D eigenvalue weighted by Crippen LogP contribution is 2.23. The normalized spacial score (nSPS) is 12.3. The van der Waals surface area contributed by atoms with Crippen LogP contribution in [0.5, 0.6) is 5.75 Å². The van der Waals surface area contributed by atoms with Gasteiger partial charge in [-0.05, 0) is 30.7 Å². The van der Waals surface area contributed by atoms with Crippen LogP contribution in [0, 0.1) is 0 Å². The van der Waals surface area contributed by atoms with E-state index in [4.69, 9.17) is 4.74 Å². The summed E-state index contributed by atoms with van der Waals surface area (Å²) in [4.78, 5) is 4.29. The van der Waals surface area contributed by atoms with Crippen LogP contribution in [0.2, 0.25) is 0 Å². The summed E-state index contributed by atoms with van der Waals surface area (Å²) in [5.74, 6) is 0.814. The van der Waals surface area contributed by atoms with Gasteiger partial charge in [-0.25, -0.2) is 0 Å². The second kappa shape index (κ2) is 7.05. The topological polar surface area (TPSA) is 52.0 Å². The molecule has 1 N–H and O–H groups in total. The van der Waals surface area contributed by atoms with Crippen molar-refractivity contribution in [3.05, 3.63) is 42.0 Å². The summed E-state index contributed by atoms with van der Waals surface area (Å²) in [6.45, 7) is 5.77. The van der Waals surface area contributed by atoms with Gasteiger partial charge in [-0.1, -0.05) is 13.8 Å². The molecule has 1 atom stereocenters. The van der Waals surface area contributed by atoms with Crippen molar-refractivity contribution in [2.24, 2.45) is 7.05 Å². The molecular weight excluding hydrogens is 252 g/mol. The predicted octanol–water partition coefficient (Wildman–Crippen LogP) is 2.30. The van der Waals surface area contributed by atoms with Gasteiger partial charge in [-0.2, -0.15) is 5.10 Å². The number of hydrogen-bond acceptors (Lipinski definition) is 4. The van der Waals surface area contributed by atoms with Crippen LogP contribution in [0.15, 0.2) is 30.7 Å². The van der Waals surface area contributed by atoms with Crippen molar-refractivity contribution in [3.63, 3.8) is 0 Å². The van der Waals surface area contributed by atoms with Crippen molar-refractivity contribution in [1.82, 2.24) is 20.1 Å². The molecule has 0 amide bonds. The summed E-state index contributed by atoms with van der Waals surface area (Å²) in [6, 6.07) is 4.14. The smallest absolute Gasteiger partial charge is 0.137 e. The van der Waals surface area contributed by atoms with Gasteiger partial charge in [-0.15, -0.1) is 0 Å². The lowest BCUT2D eigenvalue weighted by molar-refractivity contribution is 0.315. The first-order valence-corrected chi connectivity index (χ1v) is 7.05. The van der Waals surface area contributed by atoms with Crippen LogP contribution in [0.25, 0.3) is 0 Å². The quantitative estimate of drug-likeness (QED) is 0.841. The molecule has 108 valence electrons. The summed E-state index contributed by atoms with van der Waals surface area (Å²) in [5.41, 5.74) is 2.20. The van der Waals surface area contributed by atoms with E-state index in [9.17, 15) is 0 Å². The van der Waals surface area contributed by atoms with Crippen molar-refractivity contribution < 1.29 is 4.74 Å². The molecular formula is C15H22N4O. The van der Waals surface area contributed by atoms with E-state index in [0.29, 0.717) is 6.61 Å². The maximum atomic E-state index is 5.66. The van der Waals surface area contributed by atoms with Crippen LogP contribution >= 0.6 is 0 Å². The number of ether oxygens (including phenoxy) is 1. The van der Waals surface area contributed by atoms with Gasteiger partial charge in [-0.3, -0.25) is 9.67 Å². The summed E-state index contributed by atoms with van der Waals surface area (Å²) < 4.78 is 7.54. The van der Waals surface area contributed by atoms with Crippen LogP contribution < -0.4 is 10.1 Å². The van der Waals surface area contributed by atoms with E-state index >= 15 is 0 Å². The van der Waals surface area contributed by atoms with E-state index in [2.05, 4.69) is 29.2 Å². The maximum absolute atomic E-state index is 5.66. The lowest BCUT2D eigenvalue weighted by Crippen LogP contribution is -2.24. The standard InChI is InChI=1S/C15H22N4O/c1-4-8-20-13-9-12(10-16-11-13)15(17-5-2)14-6-7-18-19(14)3/h6-7,9-11,15,17H,4-5,8H2,1-3H3. The molecule has 0 radical (unpaired) electrons. The Morgan fingerprint density at radius 1 is 1.35 bits per heavy atom. The minimum Gasteiger partial charge on any atom is -0.492 e. The molecule has 0 fully saturated rings. The van der Waals surface area contributed by atoms with Crippen molar-refractivity contribution >= 4 is 0 Å². The minimum absolute atomic E-state index is 0.0742. The molecule has 0 saturated carbocycles. The first-order valence-electron chi connectivity index (χ1n) is 7.05. The van der Waals surface area contributed by atoms with Gasteiger partial charge in [0.2, 0.25) is 0 Å². The number of pyridine rings is 1. The zero-order valence-electron chi connectivity index (χ0n) is 12.3. The van der Waals surface area contributed by atoms with E-state index in [-0.39, 0.29) is 6.04 Å². The van der Waals surface area contributed by atoms with Crippen molar-refractivity contribution in [1.29, 1.82) is 0 Å². The summed E-state index contributed by atoms with van der Waals surface area (Å²) in [5, 5.41) is 7.71. The molecule has 20 heavy (non-hydrogen) atoms. The third kappa shape index (κ3) is 3.36. The largest absolute Gasteiger partial charge is 0.492 e. The fraction of sp³-hybridized carbons (Fsp3) is 0.467. The third-order valence-corrected chi connectivity index (χ3v) is 3.10. The maximum Gasteiger partial charge on any atom is 0.137 e. The zero-order valence-corrected chi connectivity index (χ0v) is 12.3. The zero-order chi connectivity index (χ0) is 14.4. The number of rotatable bonds is 7. The molecule has 0 aromatic carbocycles. The molecule has 1 unspecified atom stereocenters. The van der Waals surface area contributed by atoms with Crippen LogP contribution in [0.1, 0.15) is 37.6 Å². The second-order valence-corrected chi connectivity index (χ2v) is 4.67. The van der Waals surface area contributed by atoms with Crippen molar-refractivity contribution in [2.45, 2.75) is 26.3 Å². The minimum atomic E-state index is 0.0742. The molecule has 0 aliphatic rings.